The SMILES string of the molecule is CCN(C(=O)CSc1ncc2ccccn12)C1CCS(=O)(=O)C1. The van der Waals surface area contributed by atoms with Crippen LogP contribution < -0.4 is 0 Å². The van der Waals surface area contributed by atoms with Gasteiger partial charge in [0.15, 0.2) is 15.0 Å². The zero-order valence-electron chi connectivity index (χ0n) is 12.9. The lowest BCUT2D eigenvalue weighted by molar-refractivity contribution is -0.129. The van der Waals surface area contributed by atoms with E-state index in [9.17, 15) is 13.2 Å². The number of imidazole rings is 1. The predicted octanol–water partition coefficient (Wildman–Crippen LogP) is 1.46. The van der Waals surface area contributed by atoms with Gasteiger partial charge < -0.3 is 4.90 Å². The summed E-state index contributed by atoms with van der Waals surface area (Å²) >= 11 is 1.38. The third-order valence-corrected chi connectivity index (χ3v) is 6.74. The molecule has 1 fully saturated rings. The van der Waals surface area contributed by atoms with Crippen molar-refractivity contribution in [1.82, 2.24) is 14.3 Å². The smallest absolute Gasteiger partial charge is 0.233 e. The van der Waals surface area contributed by atoms with Crippen molar-refractivity contribution in [2.24, 2.45) is 0 Å². The second kappa shape index (κ2) is 6.52. The molecule has 0 N–H and O–H groups in total. The summed E-state index contributed by atoms with van der Waals surface area (Å²) in [5.41, 5.74) is 0.983. The fourth-order valence-corrected chi connectivity index (χ4v) is 5.48. The van der Waals surface area contributed by atoms with E-state index < -0.39 is 9.84 Å². The summed E-state index contributed by atoms with van der Waals surface area (Å²) in [6.07, 6.45) is 4.23. The Morgan fingerprint density at radius 3 is 3.00 bits per heavy atom. The monoisotopic (exact) mass is 353 g/mol. The van der Waals surface area contributed by atoms with Crippen LogP contribution in [0, 0.1) is 0 Å². The Bertz CT molecular complexity index is 816. The van der Waals surface area contributed by atoms with Crippen LogP contribution in [0.1, 0.15) is 13.3 Å². The van der Waals surface area contributed by atoms with E-state index in [1.54, 1.807) is 11.1 Å². The molecule has 124 valence electrons. The van der Waals surface area contributed by atoms with Gasteiger partial charge in [-0.2, -0.15) is 0 Å². The summed E-state index contributed by atoms with van der Waals surface area (Å²) in [7, 11) is -2.99. The predicted molar refractivity (Wildman–Crippen MR) is 90.4 cm³/mol. The Morgan fingerprint density at radius 2 is 2.30 bits per heavy atom. The van der Waals surface area contributed by atoms with Crippen LogP contribution in [0.3, 0.4) is 0 Å². The van der Waals surface area contributed by atoms with Gasteiger partial charge in [0.2, 0.25) is 5.91 Å². The number of rotatable bonds is 5. The molecule has 3 rings (SSSR count). The lowest BCUT2D eigenvalue weighted by Gasteiger charge is -2.26. The van der Waals surface area contributed by atoms with Crippen molar-refractivity contribution in [3.63, 3.8) is 0 Å². The van der Waals surface area contributed by atoms with Gasteiger partial charge >= 0.3 is 0 Å². The Morgan fingerprint density at radius 1 is 1.48 bits per heavy atom. The van der Waals surface area contributed by atoms with Gasteiger partial charge in [-0.05, 0) is 25.5 Å². The first kappa shape index (κ1) is 16.3. The standard InChI is InChI=1S/C15H19N3O3S2/c1-2-17(13-6-8-23(20,21)11-13)14(19)10-22-15-16-9-12-5-3-4-7-18(12)15/h3-5,7,9,13H,2,6,8,10-11H2,1H3. The van der Waals surface area contributed by atoms with Crippen molar-refractivity contribution in [3.8, 4) is 0 Å². The summed E-state index contributed by atoms with van der Waals surface area (Å²) in [5.74, 6) is 0.494. The Kier molecular flexibility index (Phi) is 4.63. The lowest BCUT2D eigenvalue weighted by atomic mass is 10.2. The minimum absolute atomic E-state index is 0.0349. The highest BCUT2D eigenvalue weighted by Gasteiger charge is 2.33. The van der Waals surface area contributed by atoms with Gasteiger partial charge in [-0.15, -0.1) is 0 Å². The summed E-state index contributed by atoms with van der Waals surface area (Å²) < 4.78 is 25.2. The van der Waals surface area contributed by atoms with Crippen molar-refractivity contribution in [2.45, 2.75) is 24.5 Å². The largest absolute Gasteiger partial charge is 0.338 e. The van der Waals surface area contributed by atoms with Crippen molar-refractivity contribution < 1.29 is 13.2 Å². The zero-order chi connectivity index (χ0) is 16.4. The highest BCUT2D eigenvalue weighted by Crippen LogP contribution is 2.22. The highest BCUT2D eigenvalue weighted by molar-refractivity contribution is 7.99. The molecule has 1 saturated heterocycles. The summed E-state index contributed by atoms with van der Waals surface area (Å²) in [4.78, 5) is 18.5. The highest BCUT2D eigenvalue weighted by atomic mass is 32.2. The van der Waals surface area contributed by atoms with Crippen LogP contribution in [-0.2, 0) is 14.6 Å². The van der Waals surface area contributed by atoms with Crippen LogP contribution >= 0.6 is 11.8 Å². The number of hydrogen-bond acceptors (Lipinski definition) is 5. The minimum Gasteiger partial charge on any atom is -0.338 e. The molecular weight excluding hydrogens is 334 g/mol. The number of carbonyl (C=O) groups excluding carboxylic acids is 1. The number of nitrogens with zero attached hydrogens (tertiary/aromatic N) is 3. The van der Waals surface area contributed by atoms with Crippen LogP contribution in [0.4, 0.5) is 0 Å². The number of thioether (sulfide) groups is 1. The molecule has 1 amide bonds. The van der Waals surface area contributed by atoms with Crippen LogP contribution in [0.2, 0.25) is 0 Å². The molecule has 0 saturated carbocycles. The van der Waals surface area contributed by atoms with Gasteiger partial charge in [-0.3, -0.25) is 9.20 Å². The fraction of sp³-hybridized carbons (Fsp3) is 0.467. The van der Waals surface area contributed by atoms with E-state index in [0.717, 1.165) is 10.7 Å². The van der Waals surface area contributed by atoms with Gasteiger partial charge in [0.1, 0.15) is 0 Å². The molecule has 0 aromatic carbocycles. The molecule has 1 aliphatic heterocycles. The first-order chi connectivity index (χ1) is 11.0. The first-order valence-corrected chi connectivity index (χ1v) is 10.4. The van der Waals surface area contributed by atoms with Crippen LogP contribution in [0.15, 0.2) is 35.7 Å². The zero-order valence-corrected chi connectivity index (χ0v) is 14.5. The van der Waals surface area contributed by atoms with Crippen LogP contribution in [0.25, 0.3) is 5.52 Å². The molecule has 1 unspecified atom stereocenters. The molecule has 2 aromatic heterocycles. The minimum atomic E-state index is -2.99. The number of carbonyl (C=O) groups is 1. The van der Waals surface area contributed by atoms with E-state index in [1.165, 1.54) is 11.8 Å². The quantitative estimate of drug-likeness (QED) is 0.761. The van der Waals surface area contributed by atoms with Crippen LogP contribution in [-0.4, -0.2) is 58.5 Å². The molecule has 2 aromatic rings. The van der Waals surface area contributed by atoms with E-state index in [1.807, 2.05) is 35.7 Å². The molecule has 3 heterocycles. The third-order valence-electron chi connectivity index (χ3n) is 4.04. The maximum absolute atomic E-state index is 12.5. The summed E-state index contributed by atoms with van der Waals surface area (Å²) in [6.45, 7) is 2.42. The number of pyridine rings is 1. The Hall–Kier alpha value is -1.54. The number of aromatic nitrogens is 2. The number of sulfone groups is 1. The lowest BCUT2D eigenvalue weighted by Crippen LogP contribution is -2.41. The molecule has 1 atom stereocenters. The first-order valence-electron chi connectivity index (χ1n) is 7.55. The van der Waals surface area contributed by atoms with E-state index in [4.69, 9.17) is 0 Å². The van der Waals surface area contributed by atoms with Crippen molar-refractivity contribution in [1.29, 1.82) is 0 Å². The molecular formula is C15H19N3O3S2. The average Bonchev–Trinajstić information content (AvgIpc) is 3.09. The molecule has 0 radical (unpaired) electrons. The van der Waals surface area contributed by atoms with Crippen molar-refractivity contribution >= 4 is 33.0 Å². The summed E-state index contributed by atoms with van der Waals surface area (Å²) in [6, 6.07) is 5.63. The van der Waals surface area contributed by atoms with E-state index in [0.29, 0.717) is 13.0 Å². The third kappa shape index (κ3) is 3.53. The van der Waals surface area contributed by atoms with Crippen LogP contribution in [0.5, 0.6) is 0 Å². The molecule has 0 spiro atoms. The maximum atomic E-state index is 12.5. The van der Waals surface area contributed by atoms with E-state index in [2.05, 4.69) is 4.98 Å². The van der Waals surface area contributed by atoms with E-state index in [-0.39, 0.29) is 29.2 Å². The number of amides is 1. The molecule has 0 aliphatic carbocycles. The molecule has 23 heavy (non-hydrogen) atoms. The number of hydrogen-bond donors (Lipinski definition) is 0. The molecule has 6 nitrogen and oxygen atoms in total. The van der Waals surface area contributed by atoms with Crippen molar-refractivity contribution in [3.05, 3.63) is 30.6 Å². The average molecular weight is 353 g/mol. The fourth-order valence-electron chi connectivity index (χ4n) is 2.89. The van der Waals surface area contributed by atoms with Gasteiger partial charge in [0.25, 0.3) is 0 Å². The van der Waals surface area contributed by atoms with Crippen molar-refractivity contribution in [2.75, 3.05) is 23.8 Å². The second-order valence-electron chi connectivity index (χ2n) is 5.56. The van der Waals surface area contributed by atoms with E-state index >= 15 is 0 Å². The maximum Gasteiger partial charge on any atom is 0.233 e. The van der Waals surface area contributed by atoms with Gasteiger partial charge in [0.05, 0.1) is 29.0 Å². The molecule has 0 bridgehead atoms. The normalized spacial score (nSPS) is 20.0. The topological polar surface area (TPSA) is 71.8 Å². The summed E-state index contributed by atoms with van der Waals surface area (Å²) in [5, 5.41) is 0.768. The molecule has 8 heteroatoms. The van der Waals surface area contributed by atoms with Gasteiger partial charge in [-0.25, -0.2) is 13.4 Å². The Labute approximate surface area is 139 Å². The Balaban J connectivity index is 1.66. The molecule has 1 aliphatic rings. The second-order valence-corrected chi connectivity index (χ2v) is 8.73. The number of fused-ring (bicyclic) bond motifs is 1. The van der Waals surface area contributed by atoms with Gasteiger partial charge in [-0.1, -0.05) is 17.8 Å². The van der Waals surface area contributed by atoms with Gasteiger partial charge in [0, 0.05) is 18.8 Å².